The van der Waals surface area contributed by atoms with E-state index >= 15 is 0 Å². The lowest BCUT2D eigenvalue weighted by Crippen LogP contribution is -2.45. The summed E-state index contributed by atoms with van der Waals surface area (Å²) in [7, 11) is 1.87. The molecule has 2 heterocycles. The topological polar surface area (TPSA) is 82.4 Å². The highest BCUT2D eigenvalue weighted by atomic mass is 16.3. The molecule has 1 fully saturated rings. The van der Waals surface area contributed by atoms with Gasteiger partial charge in [-0.25, -0.2) is 4.79 Å². The van der Waals surface area contributed by atoms with E-state index in [0.717, 1.165) is 31.0 Å². The summed E-state index contributed by atoms with van der Waals surface area (Å²) in [5, 5.41) is 19.6. The maximum Gasteiger partial charge on any atom is 0.314 e. The van der Waals surface area contributed by atoms with Crippen LogP contribution in [0.4, 0.5) is 4.79 Å². The third-order valence-corrected chi connectivity index (χ3v) is 4.30. The third-order valence-electron chi connectivity index (χ3n) is 4.30. The van der Waals surface area contributed by atoms with Gasteiger partial charge in [-0.1, -0.05) is 6.92 Å². The first kappa shape index (κ1) is 17.7. The van der Waals surface area contributed by atoms with Gasteiger partial charge in [0.05, 0.1) is 12.3 Å². The van der Waals surface area contributed by atoms with E-state index in [1.165, 1.54) is 12.8 Å². The second kappa shape index (κ2) is 8.88. The van der Waals surface area contributed by atoms with Gasteiger partial charge in [-0.2, -0.15) is 5.10 Å². The predicted molar refractivity (Wildman–Crippen MR) is 89.2 cm³/mol. The molecule has 0 bridgehead atoms. The number of aliphatic hydroxyl groups excluding tert-OH is 1. The first-order valence-corrected chi connectivity index (χ1v) is 8.42. The highest BCUT2D eigenvalue weighted by molar-refractivity contribution is 5.73. The quantitative estimate of drug-likeness (QED) is 0.676. The molecule has 7 heteroatoms. The van der Waals surface area contributed by atoms with E-state index in [-0.39, 0.29) is 12.6 Å². The van der Waals surface area contributed by atoms with Crippen LogP contribution >= 0.6 is 0 Å². The first-order valence-electron chi connectivity index (χ1n) is 8.42. The van der Waals surface area contributed by atoms with Gasteiger partial charge in [0.25, 0.3) is 0 Å². The van der Waals surface area contributed by atoms with Crippen molar-refractivity contribution in [1.82, 2.24) is 25.3 Å². The number of β-amino-alcohol motifs (C(OH)–C–C–N with tert-alkyl or cyclic N) is 1. The fourth-order valence-corrected chi connectivity index (χ4v) is 2.80. The standard InChI is InChI=1S/C16H29N5O2/c1-13-4-7-21(8-5-13)12-15(22)10-18-16(23)17-6-3-14-9-19-20(2)11-14/h9,11,13,15,22H,3-8,10,12H2,1-2H3,(H2,17,18,23). The normalized spacial score (nSPS) is 17.9. The fourth-order valence-electron chi connectivity index (χ4n) is 2.80. The fraction of sp³-hybridized carbons (Fsp3) is 0.750. The Morgan fingerprint density at radius 2 is 2.17 bits per heavy atom. The minimum atomic E-state index is -0.521. The van der Waals surface area contributed by atoms with Gasteiger partial charge < -0.3 is 20.6 Å². The van der Waals surface area contributed by atoms with Crippen LogP contribution in [-0.2, 0) is 13.5 Å². The van der Waals surface area contributed by atoms with Crippen LogP contribution in [0.3, 0.4) is 0 Å². The van der Waals surface area contributed by atoms with Crippen LogP contribution in [0.25, 0.3) is 0 Å². The maximum absolute atomic E-state index is 11.7. The Bertz CT molecular complexity index is 483. The van der Waals surface area contributed by atoms with Gasteiger partial charge >= 0.3 is 6.03 Å². The zero-order valence-corrected chi connectivity index (χ0v) is 14.2. The monoisotopic (exact) mass is 323 g/mol. The van der Waals surface area contributed by atoms with Crippen molar-refractivity contribution in [3.63, 3.8) is 0 Å². The molecular formula is C16H29N5O2. The number of likely N-dealkylation sites (tertiary alicyclic amines) is 1. The van der Waals surface area contributed by atoms with Gasteiger partial charge in [0.1, 0.15) is 0 Å². The largest absolute Gasteiger partial charge is 0.390 e. The van der Waals surface area contributed by atoms with Gasteiger partial charge in [0, 0.05) is 32.9 Å². The number of amides is 2. The lowest BCUT2D eigenvalue weighted by atomic mass is 9.99. The summed E-state index contributed by atoms with van der Waals surface area (Å²) in [6, 6.07) is -0.236. The van der Waals surface area contributed by atoms with E-state index < -0.39 is 6.10 Å². The predicted octanol–water partition coefficient (Wildman–Crippen LogP) is 0.355. The van der Waals surface area contributed by atoms with E-state index in [9.17, 15) is 9.90 Å². The summed E-state index contributed by atoms with van der Waals surface area (Å²) < 4.78 is 1.74. The average molecular weight is 323 g/mol. The molecule has 0 radical (unpaired) electrons. The second-order valence-electron chi connectivity index (χ2n) is 6.55. The van der Waals surface area contributed by atoms with Crippen molar-refractivity contribution in [2.75, 3.05) is 32.7 Å². The molecule has 0 saturated carbocycles. The molecule has 1 atom stereocenters. The second-order valence-corrected chi connectivity index (χ2v) is 6.55. The van der Waals surface area contributed by atoms with Crippen LogP contribution in [-0.4, -0.2) is 64.6 Å². The number of aliphatic hydroxyl groups is 1. The van der Waals surface area contributed by atoms with Crippen molar-refractivity contribution >= 4 is 6.03 Å². The van der Waals surface area contributed by atoms with Crippen LogP contribution in [0.5, 0.6) is 0 Å². The van der Waals surface area contributed by atoms with Crippen molar-refractivity contribution in [1.29, 1.82) is 0 Å². The van der Waals surface area contributed by atoms with Gasteiger partial charge in [-0.15, -0.1) is 0 Å². The Morgan fingerprint density at radius 3 is 2.83 bits per heavy atom. The number of carbonyl (C=O) groups is 1. The van der Waals surface area contributed by atoms with E-state index in [1.54, 1.807) is 10.9 Å². The molecule has 130 valence electrons. The van der Waals surface area contributed by atoms with Crippen molar-refractivity contribution in [2.45, 2.75) is 32.3 Å². The molecule has 1 unspecified atom stereocenters. The zero-order valence-electron chi connectivity index (χ0n) is 14.2. The minimum Gasteiger partial charge on any atom is -0.390 e. The SMILES string of the molecule is CC1CCN(CC(O)CNC(=O)NCCc2cnn(C)c2)CC1. The van der Waals surface area contributed by atoms with Crippen molar-refractivity contribution in [3.05, 3.63) is 18.0 Å². The van der Waals surface area contributed by atoms with Gasteiger partial charge in [0.15, 0.2) is 0 Å². The number of hydrogen-bond donors (Lipinski definition) is 3. The lowest BCUT2D eigenvalue weighted by molar-refractivity contribution is 0.0920. The molecule has 2 rings (SSSR count). The molecule has 1 aromatic rings. The van der Waals surface area contributed by atoms with Crippen LogP contribution in [0.1, 0.15) is 25.3 Å². The Hall–Kier alpha value is -1.60. The first-order chi connectivity index (χ1) is 11.0. The summed E-state index contributed by atoms with van der Waals surface area (Å²) in [4.78, 5) is 14.0. The molecular weight excluding hydrogens is 294 g/mol. The molecule has 1 saturated heterocycles. The summed E-state index contributed by atoms with van der Waals surface area (Å²) in [5.41, 5.74) is 1.09. The summed E-state index contributed by atoms with van der Waals surface area (Å²) in [5.74, 6) is 0.784. The molecule has 3 N–H and O–H groups in total. The number of aromatic nitrogens is 2. The number of nitrogens with zero attached hydrogens (tertiary/aromatic N) is 3. The minimum absolute atomic E-state index is 0.236. The Morgan fingerprint density at radius 1 is 1.43 bits per heavy atom. The molecule has 0 aromatic carbocycles. The molecule has 2 amide bonds. The van der Waals surface area contributed by atoms with Crippen LogP contribution in [0.2, 0.25) is 0 Å². The maximum atomic E-state index is 11.7. The summed E-state index contributed by atoms with van der Waals surface area (Å²) in [6.07, 6.45) is 6.33. The van der Waals surface area contributed by atoms with Gasteiger partial charge in [-0.05, 0) is 43.8 Å². The average Bonchev–Trinajstić information content (AvgIpc) is 2.93. The number of urea groups is 1. The number of hydrogen-bond acceptors (Lipinski definition) is 4. The molecule has 1 aliphatic rings. The Kier molecular flexibility index (Phi) is 6.85. The molecule has 0 aliphatic carbocycles. The highest BCUT2D eigenvalue weighted by Gasteiger charge is 2.18. The number of aryl methyl sites for hydroxylation is 1. The van der Waals surface area contributed by atoms with Crippen molar-refractivity contribution < 1.29 is 9.90 Å². The molecule has 1 aromatic heterocycles. The van der Waals surface area contributed by atoms with Crippen LogP contribution in [0.15, 0.2) is 12.4 Å². The van der Waals surface area contributed by atoms with E-state index in [0.29, 0.717) is 13.1 Å². The molecule has 1 aliphatic heterocycles. The third kappa shape index (κ3) is 6.58. The Labute approximate surface area is 138 Å². The lowest BCUT2D eigenvalue weighted by Gasteiger charge is -2.31. The van der Waals surface area contributed by atoms with Crippen LogP contribution in [0, 0.1) is 5.92 Å². The van der Waals surface area contributed by atoms with Crippen LogP contribution < -0.4 is 10.6 Å². The van der Waals surface area contributed by atoms with Gasteiger partial charge in [-0.3, -0.25) is 4.68 Å². The number of nitrogens with one attached hydrogen (secondary N) is 2. The highest BCUT2D eigenvalue weighted by Crippen LogP contribution is 2.15. The molecule has 0 spiro atoms. The van der Waals surface area contributed by atoms with Crippen molar-refractivity contribution in [3.8, 4) is 0 Å². The zero-order chi connectivity index (χ0) is 16.7. The van der Waals surface area contributed by atoms with Crippen molar-refractivity contribution in [2.24, 2.45) is 13.0 Å². The number of rotatable bonds is 7. The number of carbonyl (C=O) groups excluding carboxylic acids is 1. The van der Waals surface area contributed by atoms with E-state index in [1.807, 2.05) is 13.2 Å². The smallest absolute Gasteiger partial charge is 0.314 e. The summed E-state index contributed by atoms with van der Waals surface area (Å²) in [6.45, 7) is 5.81. The van der Waals surface area contributed by atoms with E-state index in [4.69, 9.17) is 0 Å². The number of piperidine rings is 1. The van der Waals surface area contributed by atoms with E-state index in [2.05, 4.69) is 27.6 Å². The Balaban J connectivity index is 1.54. The molecule has 7 nitrogen and oxygen atoms in total. The molecule has 23 heavy (non-hydrogen) atoms. The summed E-state index contributed by atoms with van der Waals surface area (Å²) >= 11 is 0. The van der Waals surface area contributed by atoms with Gasteiger partial charge in [0.2, 0.25) is 0 Å².